The first-order valence-corrected chi connectivity index (χ1v) is 7.51. The number of likely N-dealkylation sites (tertiary alicyclic amines) is 1. The number of aliphatic hydroxyl groups is 1. The van der Waals surface area contributed by atoms with Crippen molar-refractivity contribution in [2.45, 2.75) is 32.2 Å². The molecular weight excluding hydrogens is 252 g/mol. The third kappa shape index (κ3) is 2.29. The number of aromatic nitrogens is 2. The summed E-state index contributed by atoms with van der Waals surface area (Å²) in [7, 11) is 2.18. The fourth-order valence-corrected chi connectivity index (χ4v) is 3.78. The molecule has 1 aromatic rings. The van der Waals surface area contributed by atoms with Crippen LogP contribution in [0.15, 0.2) is 12.1 Å². The zero-order valence-electron chi connectivity index (χ0n) is 12.4. The quantitative estimate of drug-likeness (QED) is 0.875. The Bertz CT molecular complexity index is 463. The van der Waals surface area contributed by atoms with Crippen LogP contribution in [0.25, 0.3) is 0 Å². The number of anilines is 1. The summed E-state index contributed by atoms with van der Waals surface area (Å²) < 4.78 is 0. The van der Waals surface area contributed by atoms with Crippen LogP contribution in [0.4, 0.5) is 5.82 Å². The number of likely N-dealkylation sites (N-methyl/N-ethyl adjacent to an activating group) is 1. The predicted molar refractivity (Wildman–Crippen MR) is 78.8 cm³/mol. The van der Waals surface area contributed by atoms with E-state index in [-0.39, 0.29) is 5.41 Å². The van der Waals surface area contributed by atoms with Crippen LogP contribution in [0.1, 0.15) is 25.0 Å². The number of rotatable bonds is 2. The zero-order chi connectivity index (χ0) is 14.2. The van der Waals surface area contributed by atoms with Gasteiger partial charge in [0.15, 0.2) is 5.82 Å². The maximum atomic E-state index is 9.91. The summed E-state index contributed by atoms with van der Waals surface area (Å²) in [6.07, 6.45) is 3.37. The SMILES string of the molecule is Cc1ccc(N2CC[C@@]3(CO)CCCN(C)[C@@H]3C2)nn1. The van der Waals surface area contributed by atoms with Crippen molar-refractivity contribution in [3.63, 3.8) is 0 Å². The van der Waals surface area contributed by atoms with Crippen LogP contribution in [0.5, 0.6) is 0 Å². The molecule has 20 heavy (non-hydrogen) atoms. The Labute approximate surface area is 120 Å². The largest absolute Gasteiger partial charge is 0.396 e. The molecule has 3 heterocycles. The van der Waals surface area contributed by atoms with Gasteiger partial charge in [0.2, 0.25) is 0 Å². The molecule has 0 aromatic carbocycles. The summed E-state index contributed by atoms with van der Waals surface area (Å²) in [5.41, 5.74) is 1.03. The fraction of sp³-hybridized carbons (Fsp3) is 0.733. The van der Waals surface area contributed by atoms with Crippen molar-refractivity contribution >= 4 is 5.82 Å². The third-order valence-corrected chi connectivity index (χ3v) is 5.12. The van der Waals surface area contributed by atoms with Crippen molar-refractivity contribution in [2.75, 3.05) is 38.2 Å². The summed E-state index contributed by atoms with van der Waals surface area (Å²) >= 11 is 0. The number of aliphatic hydroxyl groups excluding tert-OH is 1. The lowest BCUT2D eigenvalue weighted by Gasteiger charge is -2.53. The molecule has 5 nitrogen and oxygen atoms in total. The fourth-order valence-electron chi connectivity index (χ4n) is 3.78. The van der Waals surface area contributed by atoms with Gasteiger partial charge in [-0.2, -0.15) is 5.10 Å². The molecule has 0 saturated carbocycles. The Hall–Kier alpha value is -1.20. The third-order valence-electron chi connectivity index (χ3n) is 5.12. The van der Waals surface area contributed by atoms with Gasteiger partial charge in [0.1, 0.15) is 0 Å². The molecule has 1 aromatic heterocycles. The van der Waals surface area contributed by atoms with Crippen molar-refractivity contribution in [3.05, 3.63) is 17.8 Å². The number of aryl methyl sites for hydroxylation is 1. The molecule has 2 atom stereocenters. The van der Waals surface area contributed by atoms with Gasteiger partial charge in [-0.05, 0) is 51.9 Å². The minimum absolute atomic E-state index is 0.0849. The minimum atomic E-state index is 0.0849. The van der Waals surface area contributed by atoms with Gasteiger partial charge in [-0.25, -0.2) is 0 Å². The molecule has 0 radical (unpaired) electrons. The summed E-state index contributed by atoms with van der Waals surface area (Å²) in [6.45, 7) is 5.28. The molecule has 0 bridgehead atoms. The molecule has 0 aliphatic carbocycles. The molecule has 110 valence electrons. The highest BCUT2D eigenvalue weighted by molar-refractivity contribution is 5.39. The average molecular weight is 276 g/mol. The van der Waals surface area contributed by atoms with Gasteiger partial charge in [0, 0.05) is 24.5 Å². The van der Waals surface area contributed by atoms with Gasteiger partial charge >= 0.3 is 0 Å². The second-order valence-electron chi connectivity index (χ2n) is 6.35. The Morgan fingerprint density at radius 2 is 2.15 bits per heavy atom. The smallest absolute Gasteiger partial charge is 0.151 e. The number of hydrogen-bond acceptors (Lipinski definition) is 5. The number of hydrogen-bond donors (Lipinski definition) is 1. The Morgan fingerprint density at radius 3 is 2.85 bits per heavy atom. The molecule has 2 fully saturated rings. The molecule has 1 N–H and O–H groups in total. The highest BCUT2D eigenvalue weighted by atomic mass is 16.3. The topological polar surface area (TPSA) is 52.5 Å². The predicted octanol–water partition coefficient (Wildman–Crippen LogP) is 1.07. The Morgan fingerprint density at radius 1 is 1.30 bits per heavy atom. The van der Waals surface area contributed by atoms with Crippen molar-refractivity contribution in [2.24, 2.45) is 5.41 Å². The second-order valence-corrected chi connectivity index (χ2v) is 6.35. The molecule has 2 aliphatic heterocycles. The standard InChI is InChI=1S/C15H24N4O/c1-12-4-5-14(17-16-12)19-9-7-15(11-20)6-3-8-18(2)13(15)10-19/h4-5,13,20H,3,6-11H2,1-2H3/t13-,15-/m1/s1. The van der Waals surface area contributed by atoms with E-state index in [0.717, 1.165) is 44.0 Å². The summed E-state index contributed by atoms with van der Waals surface area (Å²) in [4.78, 5) is 4.72. The molecular formula is C15H24N4O. The van der Waals surface area contributed by atoms with Crippen molar-refractivity contribution in [1.29, 1.82) is 0 Å². The number of nitrogens with zero attached hydrogens (tertiary/aromatic N) is 4. The highest BCUT2D eigenvalue weighted by Gasteiger charge is 2.46. The van der Waals surface area contributed by atoms with Gasteiger partial charge in [-0.15, -0.1) is 5.10 Å². The van der Waals surface area contributed by atoms with Gasteiger partial charge in [-0.3, -0.25) is 0 Å². The number of piperidine rings is 2. The molecule has 2 saturated heterocycles. The van der Waals surface area contributed by atoms with E-state index < -0.39 is 0 Å². The monoisotopic (exact) mass is 276 g/mol. The minimum Gasteiger partial charge on any atom is -0.396 e. The second kappa shape index (κ2) is 5.30. The molecule has 5 heteroatoms. The van der Waals surface area contributed by atoms with Crippen LogP contribution in [-0.2, 0) is 0 Å². The average Bonchev–Trinajstić information content (AvgIpc) is 2.48. The van der Waals surface area contributed by atoms with Crippen molar-refractivity contribution in [3.8, 4) is 0 Å². The van der Waals surface area contributed by atoms with E-state index in [1.807, 2.05) is 13.0 Å². The number of fused-ring (bicyclic) bond motifs is 1. The van der Waals surface area contributed by atoms with Crippen LogP contribution in [0.2, 0.25) is 0 Å². The molecule has 0 unspecified atom stereocenters. The molecule has 3 rings (SSSR count). The van der Waals surface area contributed by atoms with E-state index in [1.54, 1.807) is 0 Å². The summed E-state index contributed by atoms with van der Waals surface area (Å²) in [5, 5.41) is 18.4. The van der Waals surface area contributed by atoms with Crippen LogP contribution in [-0.4, -0.2) is 59.5 Å². The van der Waals surface area contributed by atoms with E-state index >= 15 is 0 Å². The van der Waals surface area contributed by atoms with Gasteiger partial charge in [0.25, 0.3) is 0 Å². The lowest BCUT2D eigenvalue weighted by molar-refractivity contribution is -0.0277. The van der Waals surface area contributed by atoms with Crippen LogP contribution < -0.4 is 4.90 Å². The summed E-state index contributed by atoms with van der Waals surface area (Å²) in [5.74, 6) is 0.959. The lowest BCUT2D eigenvalue weighted by Crippen LogP contribution is -2.61. The Kier molecular flexibility index (Phi) is 3.65. The first kappa shape index (κ1) is 13.8. The van der Waals surface area contributed by atoms with E-state index in [4.69, 9.17) is 0 Å². The van der Waals surface area contributed by atoms with Gasteiger partial charge in [0.05, 0.1) is 12.3 Å². The van der Waals surface area contributed by atoms with E-state index in [9.17, 15) is 5.11 Å². The van der Waals surface area contributed by atoms with E-state index in [1.165, 1.54) is 6.42 Å². The normalized spacial score (nSPS) is 31.1. The van der Waals surface area contributed by atoms with Gasteiger partial charge < -0.3 is 14.9 Å². The first-order chi connectivity index (χ1) is 9.64. The highest BCUT2D eigenvalue weighted by Crippen LogP contribution is 2.42. The van der Waals surface area contributed by atoms with E-state index in [0.29, 0.717) is 12.6 Å². The van der Waals surface area contributed by atoms with Crippen molar-refractivity contribution in [1.82, 2.24) is 15.1 Å². The summed E-state index contributed by atoms with van der Waals surface area (Å²) in [6, 6.07) is 4.48. The van der Waals surface area contributed by atoms with Crippen LogP contribution >= 0.6 is 0 Å². The lowest BCUT2D eigenvalue weighted by atomic mass is 9.69. The molecule has 0 spiro atoms. The van der Waals surface area contributed by atoms with Crippen molar-refractivity contribution < 1.29 is 5.11 Å². The maximum absolute atomic E-state index is 9.91. The Balaban J connectivity index is 1.81. The van der Waals surface area contributed by atoms with Crippen LogP contribution in [0.3, 0.4) is 0 Å². The molecule has 0 amide bonds. The molecule has 2 aliphatic rings. The van der Waals surface area contributed by atoms with Crippen LogP contribution in [0, 0.1) is 12.3 Å². The maximum Gasteiger partial charge on any atom is 0.151 e. The first-order valence-electron chi connectivity index (χ1n) is 7.51. The van der Waals surface area contributed by atoms with Gasteiger partial charge in [-0.1, -0.05) is 0 Å². The van der Waals surface area contributed by atoms with E-state index in [2.05, 4.69) is 33.1 Å². The zero-order valence-corrected chi connectivity index (χ0v) is 12.4.